The van der Waals surface area contributed by atoms with Crippen molar-refractivity contribution in [3.8, 4) is 0 Å². The lowest BCUT2D eigenvalue weighted by Crippen LogP contribution is -2.27. The van der Waals surface area contributed by atoms with E-state index in [-0.39, 0.29) is 29.7 Å². The monoisotopic (exact) mass is 232 g/mol. The van der Waals surface area contributed by atoms with Gasteiger partial charge in [-0.1, -0.05) is 44.2 Å². The lowest BCUT2D eigenvalue weighted by molar-refractivity contribution is -0.141. The Morgan fingerprint density at radius 2 is 2.00 bits per heavy atom. The summed E-state index contributed by atoms with van der Waals surface area (Å²) >= 11 is 0. The van der Waals surface area contributed by atoms with E-state index in [0.717, 1.165) is 0 Å². The zero-order valence-electron chi connectivity index (χ0n) is 10.1. The van der Waals surface area contributed by atoms with E-state index in [2.05, 4.69) is 0 Å². The van der Waals surface area contributed by atoms with Gasteiger partial charge in [0, 0.05) is 17.4 Å². The van der Waals surface area contributed by atoms with E-state index in [1.165, 1.54) is 0 Å². The van der Waals surface area contributed by atoms with Gasteiger partial charge in [0.25, 0.3) is 0 Å². The Labute approximate surface area is 101 Å². The fourth-order valence-corrected chi connectivity index (χ4v) is 2.07. The summed E-state index contributed by atoms with van der Waals surface area (Å²) in [5.41, 5.74) is 0.424. The molecular weight excluding hydrogens is 216 g/mol. The molecule has 3 heteroatoms. The number of benzene rings is 1. The molecule has 17 heavy (non-hydrogen) atoms. The molecule has 0 spiro atoms. The molecule has 1 atom stereocenters. The highest BCUT2D eigenvalue weighted by Crippen LogP contribution is 2.36. The molecule has 0 aliphatic carbocycles. The summed E-state index contributed by atoms with van der Waals surface area (Å²) in [6.45, 7) is 3.92. The first-order valence-corrected chi connectivity index (χ1v) is 5.77. The molecule has 1 aliphatic heterocycles. The van der Waals surface area contributed by atoms with Crippen LogP contribution in [0.1, 0.15) is 37.0 Å². The first kappa shape index (κ1) is 11.8. The van der Waals surface area contributed by atoms with Crippen molar-refractivity contribution in [2.45, 2.75) is 32.8 Å². The number of Topliss-reactive ketones (excluding diaryl/α,β-unsaturated/α-hetero) is 1. The largest absolute Gasteiger partial charge is 0.461 e. The molecule has 1 heterocycles. The van der Waals surface area contributed by atoms with E-state index in [1.54, 1.807) is 12.1 Å². The summed E-state index contributed by atoms with van der Waals surface area (Å²) < 4.78 is 5.21. The number of cyclic esters (lactones) is 1. The Hall–Kier alpha value is -1.64. The van der Waals surface area contributed by atoms with Gasteiger partial charge in [0.15, 0.2) is 5.78 Å². The molecule has 3 nitrogen and oxygen atoms in total. The Bertz CT molecular complexity index is 434. The van der Waals surface area contributed by atoms with Gasteiger partial charge in [0.1, 0.15) is 6.10 Å². The molecule has 0 radical (unpaired) electrons. The molecule has 1 aromatic carbocycles. The van der Waals surface area contributed by atoms with Crippen LogP contribution in [0.15, 0.2) is 30.3 Å². The minimum Gasteiger partial charge on any atom is -0.461 e. The van der Waals surface area contributed by atoms with Crippen molar-refractivity contribution in [2.24, 2.45) is 5.41 Å². The number of esters is 1. The van der Waals surface area contributed by atoms with Crippen molar-refractivity contribution in [2.75, 3.05) is 0 Å². The summed E-state index contributed by atoms with van der Waals surface area (Å²) in [6.07, 6.45) is 0.352. The maximum Gasteiger partial charge on any atom is 0.306 e. The summed E-state index contributed by atoms with van der Waals surface area (Å²) in [6, 6.07) is 9.10. The van der Waals surface area contributed by atoms with E-state index in [9.17, 15) is 9.59 Å². The van der Waals surface area contributed by atoms with E-state index < -0.39 is 0 Å². The zero-order valence-corrected chi connectivity index (χ0v) is 10.1. The van der Waals surface area contributed by atoms with Crippen LogP contribution in [0.3, 0.4) is 0 Å². The van der Waals surface area contributed by atoms with E-state index in [4.69, 9.17) is 4.74 Å². The van der Waals surface area contributed by atoms with E-state index in [1.807, 2.05) is 32.0 Å². The third-order valence-electron chi connectivity index (χ3n) is 3.21. The van der Waals surface area contributed by atoms with Gasteiger partial charge < -0.3 is 4.74 Å². The molecule has 0 bridgehead atoms. The van der Waals surface area contributed by atoms with Crippen molar-refractivity contribution < 1.29 is 14.3 Å². The van der Waals surface area contributed by atoms with Crippen LogP contribution in [-0.2, 0) is 9.53 Å². The van der Waals surface area contributed by atoms with Crippen LogP contribution in [0.4, 0.5) is 0 Å². The molecule has 90 valence electrons. The molecule has 1 aromatic rings. The van der Waals surface area contributed by atoms with Crippen LogP contribution in [0.25, 0.3) is 0 Å². The van der Waals surface area contributed by atoms with Crippen LogP contribution in [0, 0.1) is 5.41 Å². The zero-order chi connectivity index (χ0) is 12.5. The maximum atomic E-state index is 12.0. The average molecular weight is 232 g/mol. The first-order chi connectivity index (χ1) is 7.99. The average Bonchev–Trinajstić information content (AvgIpc) is 2.53. The second-order valence-corrected chi connectivity index (χ2v) is 5.14. The Morgan fingerprint density at radius 1 is 1.35 bits per heavy atom. The van der Waals surface area contributed by atoms with Crippen LogP contribution >= 0.6 is 0 Å². The summed E-state index contributed by atoms with van der Waals surface area (Å²) in [5.74, 6) is -0.181. The fourth-order valence-electron chi connectivity index (χ4n) is 2.07. The summed E-state index contributed by atoms with van der Waals surface area (Å²) in [5, 5.41) is 0. The Morgan fingerprint density at radius 3 is 2.53 bits per heavy atom. The van der Waals surface area contributed by atoms with Gasteiger partial charge in [-0.3, -0.25) is 9.59 Å². The van der Waals surface area contributed by atoms with Gasteiger partial charge in [0.2, 0.25) is 0 Å². The predicted molar refractivity (Wildman–Crippen MR) is 63.7 cm³/mol. The SMILES string of the molecule is CC1(C)CC(=O)OC1CC(=O)c1ccccc1. The van der Waals surface area contributed by atoms with Gasteiger partial charge >= 0.3 is 5.97 Å². The molecular formula is C14H16O3. The number of hydrogen-bond donors (Lipinski definition) is 0. The maximum absolute atomic E-state index is 12.0. The smallest absolute Gasteiger partial charge is 0.306 e. The molecule has 0 N–H and O–H groups in total. The minimum atomic E-state index is -0.303. The Balaban J connectivity index is 2.07. The lowest BCUT2D eigenvalue weighted by Gasteiger charge is -2.22. The molecule has 0 amide bonds. The molecule has 2 rings (SSSR count). The summed E-state index contributed by atoms with van der Waals surface area (Å²) in [7, 11) is 0. The number of carbonyl (C=O) groups is 2. The van der Waals surface area contributed by atoms with Crippen LogP contribution in [0.2, 0.25) is 0 Å². The normalized spacial score (nSPS) is 22.2. The standard InChI is InChI=1S/C14H16O3/c1-14(2)9-13(16)17-12(14)8-11(15)10-6-4-3-5-7-10/h3-7,12H,8-9H2,1-2H3. The highest BCUT2D eigenvalue weighted by Gasteiger charge is 2.42. The molecule has 1 unspecified atom stereocenters. The van der Waals surface area contributed by atoms with Gasteiger partial charge in [-0.05, 0) is 0 Å². The number of ketones is 1. The second kappa shape index (κ2) is 4.32. The van der Waals surface area contributed by atoms with E-state index in [0.29, 0.717) is 12.0 Å². The van der Waals surface area contributed by atoms with Crippen LogP contribution in [-0.4, -0.2) is 17.9 Å². The van der Waals surface area contributed by atoms with Crippen molar-refractivity contribution in [1.82, 2.24) is 0 Å². The molecule has 0 aromatic heterocycles. The summed E-state index contributed by atoms with van der Waals surface area (Å²) in [4.78, 5) is 23.3. The number of carbonyl (C=O) groups excluding carboxylic acids is 2. The van der Waals surface area contributed by atoms with E-state index >= 15 is 0 Å². The second-order valence-electron chi connectivity index (χ2n) is 5.14. The molecule has 0 saturated carbocycles. The van der Waals surface area contributed by atoms with Crippen molar-refractivity contribution in [3.05, 3.63) is 35.9 Å². The van der Waals surface area contributed by atoms with Crippen LogP contribution < -0.4 is 0 Å². The number of ether oxygens (including phenoxy) is 1. The number of rotatable bonds is 3. The van der Waals surface area contributed by atoms with Gasteiger partial charge in [-0.25, -0.2) is 0 Å². The third kappa shape index (κ3) is 2.54. The van der Waals surface area contributed by atoms with Gasteiger partial charge in [-0.2, -0.15) is 0 Å². The topological polar surface area (TPSA) is 43.4 Å². The van der Waals surface area contributed by atoms with Crippen molar-refractivity contribution in [1.29, 1.82) is 0 Å². The van der Waals surface area contributed by atoms with Crippen molar-refractivity contribution in [3.63, 3.8) is 0 Å². The lowest BCUT2D eigenvalue weighted by atomic mass is 9.82. The molecule has 1 saturated heterocycles. The van der Waals surface area contributed by atoms with Gasteiger partial charge in [-0.15, -0.1) is 0 Å². The highest BCUT2D eigenvalue weighted by atomic mass is 16.6. The third-order valence-corrected chi connectivity index (χ3v) is 3.21. The molecule has 1 fully saturated rings. The van der Waals surface area contributed by atoms with Crippen LogP contribution in [0.5, 0.6) is 0 Å². The van der Waals surface area contributed by atoms with Crippen molar-refractivity contribution >= 4 is 11.8 Å². The molecule has 1 aliphatic rings. The first-order valence-electron chi connectivity index (χ1n) is 5.77. The van der Waals surface area contributed by atoms with Gasteiger partial charge in [0.05, 0.1) is 6.42 Å². The fraction of sp³-hybridized carbons (Fsp3) is 0.429. The highest BCUT2D eigenvalue weighted by molar-refractivity contribution is 5.96. The minimum absolute atomic E-state index is 0.0263. The predicted octanol–water partition coefficient (Wildman–Crippen LogP) is 2.60. The number of hydrogen-bond acceptors (Lipinski definition) is 3. The Kier molecular flexibility index (Phi) is 3.01. The quantitative estimate of drug-likeness (QED) is 0.594.